The van der Waals surface area contributed by atoms with Crippen LogP contribution in [0.1, 0.15) is 5.69 Å². The number of aromatic nitrogens is 2. The molecule has 2 rings (SSSR count). The number of nitro groups is 1. The first-order valence-corrected chi connectivity index (χ1v) is 5.42. The third-order valence-corrected chi connectivity index (χ3v) is 2.51. The Morgan fingerprint density at radius 2 is 2.00 bits per heavy atom. The molecule has 5 nitrogen and oxygen atoms in total. The van der Waals surface area contributed by atoms with Gasteiger partial charge in [-0.15, -0.1) is 0 Å². The van der Waals surface area contributed by atoms with E-state index in [4.69, 9.17) is 11.6 Å². The summed E-state index contributed by atoms with van der Waals surface area (Å²) in [4.78, 5) is 17.2. The number of hydrogen-bond acceptors (Lipinski definition) is 4. The second kappa shape index (κ2) is 4.85. The van der Waals surface area contributed by atoms with Crippen molar-refractivity contribution < 1.29 is 13.7 Å². The largest absolute Gasteiger partial charge is 0.305 e. The van der Waals surface area contributed by atoms with Gasteiger partial charge in [0.15, 0.2) is 5.82 Å². The molecule has 2 aromatic rings. The Bertz CT molecular complexity index is 659. The Morgan fingerprint density at radius 1 is 1.32 bits per heavy atom. The van der Waals surface area contributed by atoms with E-state index in [0.29, 0.717) is 5.69 Å². The predicted octanol–water partition coefficient (Wildman–Crippen LogP) is 3.29. The Labute approximate surface area is 111 Å². The number of hydrogen-bond donors (Lipinski definition) is 0. The summed E-state index contributed by atoms with van der Waals surface area (Å²) >= 11 is 5.68. The van der Waals surface area contributed by atoms with Crippen molar-refractivity contribution in [2.24, 2.45) is 0 Å². The molecular weight excluding hydrogens is 280 g/mol. The normalized spacial score (nSPS) is 10.5. The van der Waals surface area contributed by atoms with Crippen molar-refractivity contribution in [2.45, 2.75) is 6.92 Å². The van der Waals surface area contributed by atoms with Gasteiger partial charge in [0.1, 0.15) is 11.0 Å². The lowest BCUT2D eigenvalue weighted by molar-refractivity contribution is -0.387. The van der Waals surface area contributed by atoms with E-state index in [0.717, 1.165) is 12.1 Å². The molecule has 0 saturated carbocycles. The molecule has 0 spiro atoms. The lowest BCUT2D eigenvalue weighted by Gasteiger charge is -2.05. The van der Waals surface area contributed by atoms with Crippen molar-refractivity contribution in [1.82, 2.24) is 9.97 Å². The third-order valence-electron chi connectivity index (χ3n) is 2.31. The van der Waals surface area contributed by atoms with Gasteiger partial charge in [-0.3, -0.25) is 10.1 Å². The van der Waals surface area contributed by atoms with Crippen LogP contribution in [-0.4, -0.2) is 14.9 Å². The molecule has 19 heavy (non-hydrogen) atoms. The molecule has 0 aliphatic carbocycles. The molecule has 1 aromatic carbocycles. The van der Waals surface area contributed by atoms with E-state index in [1.54, 1.807) is 6.92 Å². The first-order valence-electron chi connectivity index (χ1n) is 5.04. The second-order valence-electron chi connectivity index (χ2n) is 3.67. The van der Waals surface area contributed by atoms with Crippen molar-refractivity contribution in [2.75, 3.05) is 0 Å². The lowest BCUT2D eigenvalue weighted by atomic mass is 10.1. The average Bonchev–Trinajstić information content (AvgIpc) is 2.26. The third kappa shape index (κ3) is 2.50. The highest BCUT2D eigenvalue weighted by Crippen LogP contribution is 2.30. The number of nitrogens with zero attached hydrogens (tertiary/aromatic N) is 3. The van der Waals surface area contributed by atoms with Gasteiger partial charge in [-0.2, -0.15) is 4.39 Å². The molecular formula is C11H6ClF2N3O2. The number of rotatable bonds is 2. The maximum atomic E-state index is 13.9. The average molecular weight is 286 g/mol. The first kappa shape index (κ1) is 13.3. The molecule has 0 aliphatic heterocycles. The summed E-state index contributed by atoms with van der Waals surface area (Å²) in [6, 6.07) is 2.93. The summed E-state index contributed by atoms with van der Waals surface area (Å²) in [6.45, 7) is 1.56. The minimum atomic E-state index is -1.33. The van der Waals surface area contributed by atoms with E-state index in [2.05, 4.69) is 9.97 Å². The Balaban J connectivity index is 2.74. The molecule has 0 amide bonds. The molecule has 0 N–H and O–H groups in total. The zero-order valence-corrected chi connectivity index (χ0v) is 10.3. The molecule has 0 fully saturated rings. The Morgan fingerprint density at radius 3 is 2.58 bits per heavy atom. The van der Waals surface area contributed by atoms with Gasteiger partial charge in [0, 0.05) is 11.8 Å². The molecule has 0 bridgehead atoms. The lowest BCUT2D eigenvalue weighted by Crippen LogP contribution is -2.01. The van der Waals surface area contributed by atoms with Crippen LogP contribution in [0.5, 0.6) is 0 Å². The van der Waals surface area contributed by atoms with Gasteiger partial charge >= 0.3 is 5.69 Å². The minimum absolute atomic E-state index is 0.00666. The van der Waals surface area contributed by atoms with Crippen LogP contribution in [0.3, 0.4) is 0 Å². The summed E-state index contributed by atoms with van der Waals surface area (Å²) in [5, 5.41) is 10.6. The molecule has 0 atom stereocenters. The fourth-order valence-electron chi connectivity index (χ4n) is 1.53. The van der Waals surface area contributed by atoms with Crippen molar-refractivity contribution in [3.8, 4) is 11.4 Å². The summed E-state index contributed by atoms with van der Waals surface area (Å²) in [5.74, 6) is -2.65. The SMILES string of the molecule is Cc1cc(Cl)nc(-c2c(F)ccc([N+](=O)[O-])c2F)n1. The van der Waals surface area contributed by atoms with E-state index < -0.39 is 27.8 Å². The molecule has 0 aliphatic rings. The van der Waals surface area contributed by atoms with E-state index in [9.17, 15) is 18.9 Å². The fraction of sp³-hybridized carbons (Fsp3) is 0.0909. The first-order chi connectivity index (χ1) is 8.90. The predicted molar refractivity (Wildman–Crippen MR) is 63.8 cm³/mol. The maximum absolute atomic E-state index is 13.9. The molecule has 0 radical (unpaired) electrons. The van der Waals surface area contributed by atoms with Crippen LogP contribution in [-0.2, 0) is 0 Å². The maximum Gasteiger partial charge on any atom is 0.305 e. The summed E-state index contributed by atoms with van der Waals surface area (Å²) in [5.41, 5.74) is -1.13. The molecule has 0 unspecified atom stereocenters. The number of halogens is 3. The molecule has 0 saturated heterocycles. The van der Waals surface area contributed by atoms with Crippen LogP contribution in [0.2, 0.25) is 5.15 Å². The highest BCUT2D eigenvalue weighted by atomic mass is 35.5. The number of benzene rings is 1. The zero-order valence-electron chi connectivity index (χ0n) is 9.52. The number of aryl methyl sites for hydroxylation is 1. The van der Waals surface area contributed by atoms with Gasteiger partial charge in [0.2, 0.25) is 5.82 Å². The minimum Gasteiger partial charge on any atom is -0.258 e. The highest BCUT2D eigenvalue weighted by Gasteiger charge is 2.24. The van der Waals surface area contributed by atoms with Crippen LogP contribution in [0.25, 0.3) is 11.4 Å². The fourth-order valence-corrected chi connectivity index (χ4v) is 1.77. The second-order valence-corrected chi connectivity index (χ2v) is 4.06. The van der Waals surface area contributed by atoms with Gasteiger partial charge < -0.3 is 0 Å². The standard InChI is InChI=1S/C11H6ClF2N3O2/c1-5-4-8(12)16-11(15-5)9-6(13)2-3-7(10(9)14)17(18)19/h2-4H,1H3. The zero-order chi connectivity index (χ0) is 14.2. The van der Waals surface area contributed by atoms with Crippen molar-refractivity contribution in [3.63, 3.8) is 0 Å². The smallest absolute Gasteiger partial charge is 0.258 e. The van der Waals surface area contributed by atoms with Crippen molar-refractivity contribution >= 4 is 17.3 Å². The van der Waals surface area contributed by atoms with Gasteiger partial charge in [0.25, 0.3) is 0 Å². The van der Waals surface area contributed by atoms with Gasteiger partial charge in [-0.05, 0) is 19.1 Å². The van der Waals surface area contributed by atoms with E-state index in [-0.39, 0.29) is 11.0 Å². The monoisotopic (exact) mass is 285 g/mol. The van der Waals surface area contributed by atoms with Crippen LogP contribution in [0, 0.1) is 28.7 Å². The topological polar surface area (TPSA) is 68.9 Å². The molecule has 98 valence electrons. The van der Waals surface area contributed by atoms with Crippen LogP contribution < -0.4 is 0 Å². The Hall–Kier alpha value is -2.15. The van der Waals surface area contributed by atoms with E-state index >= 15 is 0 Å². The van der Waals surface area contributed by atoms with Crippen LogP contribution in [0.4, 0.5) is 14.5 Å². The van der Waals surface area contributed by atoms with E-state index in [1.807, 2.05) is 0 Å². The highest BCUT2D eigenvalue weighted by molar-refractivity contribution is 6.29. The Kier molecular flexibility index (Phi) is 3.39. The van der Waals surface area contributed by atoms with Crippen LogP contribution >= 0.6 is 11.6 Å². The van der Waals surface area contributed by atoms with Crippen molar-refractivity contribution in [3.05, 3.63) is 50.8 Å². The van der Waals surface area contributed by atoms with Gasteiger partial charge in [0.05, 0.1) is 10.5 Å². The summed E-state index contributed by atoms with van der Waals surface area (Å²) in [7, 11) is 0. The molecule has 1 aromatic heterocycles. The van der Waals surface area contributed by atoms with Gasteiger partial charge in [-0.1, -0.05) is 11.6 Å². The van der Waals surface area contributed by atoms with Crippen molar-refractivity contribution in [1.29, 1.82) is 0 Å². The van der Waals surface area contributed by atoms with Crippen LogP contribution in [0.15, 0.2) is 18.2 Å². The molecule has 1 heterocycles. The molecule has 8 heteroatoms. The summed E-state index contributed by atoms with van der Waals surface area (Å²) in [6.07, 6.45) is 0. The quantitative estimate of drug-likeness (QED) is 0.482. The number of nitro benzene ring substituents is 1. The van der Waals surface area contributed by atoms with E-state index in [1.165, 1.54) is 6.07 Å². The summed E-state index contributed by atoms with van der Waals surface area (Å²) < 4.78 is 27.6. The van der Waals surface area contributed by atoms with Gasteiger partial charge in [-0.25, -0.2) is 14.4 Å².